The van der Waals surface area contributed by atoms with E-state index in [2.05, 4.69) is 20.6 Å². The topological polar surface area (TPSA) is 65.8 Å². The van der Waals surface area contributed by atoms with E-state index in [1.54, 1.807) is 6.08 Å². The lowest BCUT2D eigenvalue weighted by atomic mass is 9.94. The van der Waals surface area contributed by atoms with E-state index in [4.69, 9.17) is 0 Å². The van der Waals surface area contributed by atoms with Crippen molar-refractivity contribution in [2.45, 2.75) is 62.0 Å². The van der Waals surface area contributed by atoms with Crippen LogP contribution in [0.15, 0.2) is 33.7 Å². The lowest BCUT2D eigenvalue weighted by Gasteiger charge is -2.32. The van der Waals surface area contributed by atoms with Crippen LogP contribution < -0.4 is 10.6 Å². The van der Waals surface area contributed by atoms with Crippen molar-refractivity contribution in [1.82, 2.24) is 10.6 Å². The van der Waals surface area contributed by atoms with E-state index in [9.17, 15) is 22.4 Å². The molecule has 3 atom stereocenters. The summed E-state index contributed by atoms with van der Waals surface area (Å²) in [5.74, 6) is -1.53. The Labute approximate surface area is 176 Å². The summed E-state index contributed by atoms with van der Waals surface area (Å²) in [7, 11) is 0. The van der Waals surface area contributed by atoms with Crippen LogP contribution in [0.25, 0.3) is 0 Å². The minimum absolute atomic E-state index is 0.0176. The fourth-order valence-electron chi connectivity index (χ4n) is 4.26. The van der Waals surface area contributed by atoms with Crippen molar-refractivity contribution in [1.29, 1.82) is 0 Å². The molecule has 0 bridgehead atoms. The number of allylic oxidation sites excluding steroid dienone is 2. The van der Waals surface area contributed by atoms with Crippen molar-refractivity contribution in [2.75, 3.05) is 12.3 Å². The maximum absolute atomic E-state index is 14.5. The van der Waals surface area contributed by atoms with Crippen molar-refractivity contribution in [3.8, 4) is 0 Å². The van der Waals surface area contributed by atoms with Gasteiger partial charge in [0.15, 0.2) is 0 Å². The molecule has 1 saturated heterocycles. The van der Waals surface area contributed by atoms with Crippen LogP contribution in [-0.2, 0) is 4.79 Å². The molecule has 5 nitrogen and oxygen atoms in total. The molecule has 0 radical (unpaired) electrons. The van der Waals surface area contributed by atoms with E-state index in [-0.39, 0.29) is 23.5 Å². The zero-order valence-electron chi connectivity index (χ0n) is 16.3. The molecule has 164 valence electrons. The summed E-state index contributed by atoms with van der Waals surface area (Å²) in [6.07, 6.45) is 3.46. The van der Waals surface area contributed by atoms with E-state index >= 15 is 0 Å². The summed E-state index contributed by atoms with van der Waals surface area (Å²) in [5.41, 5.74) is 0.798. The van der Waals surface area contributed by atoms with Gasteiger partial charge in [-0.05, 0) is 44.4 Å². The molecule has 2 aliphatic heterocycles. The third kappa shape index (κ3) is 4.96. The number of thioether (sulfide) groups is 1. The molecule has 4 rings (SSSR count). The Hall–Kier alpha value is -1.68. The standard InChI is InChI=1S/C20H24F4N4OS/c21-14-7-12(26-11-3-1-2-4-11)8-15-18(14)19(29)28-17(27-15)10-30-13-5-6-25-16(9-13)20(22,23)24/h7-8,11,13,16,18,25H,1-6,9-10H2,(H,27,28,29)/t13-,16+,18?/m0/s1. The molecular formula is C20H24F4N4OS. The highest BCUT2D eigenvalue weighted by Crippen LogP contribution is 2.33. The summed E-state index contributed by atoms with van der Waals surface area (Å²) in [6.45, 7) is 0.297. The highest BCUT2D eigenvalue weighted by Gasteiger charge is 2.42. The molecule has 1 saturated carbocycles. The van der Waals surface area contributed by atoms with Crippen molar-refractivity contribution < 1.29 is 22.4 Å². The van der Waals surface area contributed by atoms with Crippen LogP contribution in [0.1, 0.15) is 38.5 Å². The molecule has 1 amide bonds. The lowest BCUT2D eigenvalue weighted by Crippen LogP contribution is -2.49. The van der Waals surface area contributed by atoms with Gasteiger partial charge in [0.25, 0.3) is 0 Å². The third-order valence-corrected chi connectivity index (χ3v) is 7.15. The minimum Gasteiger partial charge on any atom is -0.313 e. The highest BCUT2D eigenvalue weighted by atomic mass is 32.2. The number of carbonyl (C=O) groups is 1. The van der Waals surface area contributed by atoms with Crippen LogP contribution in [0.4, 0.5) is 17.6 Å². The van der Waals surface area contributed by atoms with Gasteiger partial charge in [-0.2, -0.15) is 24.9 Å². The van der Waals surface area contributed by atoms with Gasteiger partial charge in [-0.25, -0.2) is 9.38 Å². The molecule has 30 heavy (non-hydrogen) atoms. The van der Waals surface area contributed by atoms with Gasteiger partial charge >= 0.3 is 6.18 Å². The van der Waals surface area contributed by atoms with Gasteiger partial charge in [0, 0.05) is 5.25 Å². The van der Waals surface area contributed by atoms with Crippen molar-refractivity contribution in [2.24, 2.45) is 15.9 Å². The predicted octanol–water partition coefficient (Wildman–Crippen LogP) is 3.68. The van der Waals surface area contributed by atoms with Crippen molar-refractivity contribution in [3.05, 3.63) is 23.7 Å². The fourth-order valence-corrected chi connectivity index (χ4v) is 5.41. The molecule has 0 aromatic rings. The molecule has 2 fully saturated rings. The highest BCUT2D eigenvalue weighted by molar-refractivity contribution is 8.00. The first kappa shape index (κ1) is 21.5. The van der Waals surface area contributed by atoms with Gasteiger partial charge in [0.1, 0.15) is 23.6 Å². The van der Waals surface area contributed by atoms with E-state index in [1.807, 2.05) is 0 Å². The maximum atomic E-state index is 14.5. The number of carbonyl (C=O) groups excluding carboxylic acids is 1. The maximum Gasteiger partial charge on any atom is 0.403 e. The van der Waals surface area contributed by atoms with Crippen LogP contribution >= 0.6 is 11.8 Å². The second kappa shape index (κ2) is 8.82. The normalized spacial score (nSPS) is 31.7. The number of amides is 1. The molecule has 2 heterocycles. The average molecular weight is 444 g/mol. The fraction of sp³-hybridized carbons (Fsp3) is 0.650. The van der Waals surface area contributed by atoms with Gasteiger partial charge in [-0.1, -0.05) is 12.8 Å². The van der Waals surface area contributed by atoms with Crippen LogP contribution in [0.3, 0.4) is 0 Å². The largest absolute Gasteiger partial charge is 0.403 e. The number of alkyl halides is 3. The summed E-state index contributed by atoms with van der Waals surface area (Å²) < 4.78 is 53.4. The number of fused-ring (bicyclic) bond motifs is 1. The lowest BCUT2D eigenvalue weighted by molar-refractivity contribution is -0.159. The van der Waals surface area contributed by atoms with Crippen LogP contribution in [0.2, 0.25) is 0 Å². The number of nitrogens with zero attached hydrogens (tertiary/aromatic N) is 2. The van der Waals surface area contributed by atoms with E-state index in [0.29, 0.717) is 30.2 Å². The molecule has 2 aliphatic carbocycles. The van der Waals surface area contributed by atoms with Gasteiger partial charge in [-0.15, -0.1) is 0 Å². The Morgan fingerprint density at radius 1 is 1.20 bits per heavy atom. The number of rotatable bonds is 4. The smallest absolute Gasteiger partial charge is 0.313 e. The van der Waals surface area contributed by atoms with Gasteiger partial charge < -0.3 is 10.6 Å². The Balaban J connectivity index is 1.44. The first-order valence-electron chi connectivity index (χ1n) is 10.3. The summed E-state index contributed by atoms with van der Waals surface area (Å²) >= 11 is 1.34. The van der Waals surface area contributed by atoms with Crippen molar-refractivity contribution in [3.63, 3.8) is 0 Å². The molecule has 0 spiro atoms. The number of halogens is 4. The zero-order valence-corrected chi connectivity index (χ0v) is 17.2. The molecule has 10 heteroatoms. The predicted molar refractivity (Wildman–Crippen MR) is 109 cm³/mol. The van der Waals surface area contributed by atoms with Gasteiger partial charge in [-0.3, -0.25) is 9.79 Å². The summed E-state index contributed by atoms with van der Waals surface area (Å²) in [6, 6.07) is -1.33. The average Bonchev–Trinajstić information content (AvgIpc) is 3.18. The second-order valence-corrected chi connectivity index (χ2v) is 9.37. The zero-order chi connectivity index (χ0) is 21.3. The quantitative estimate of drug-likeness (QED) is 0.650. The molecule has 0 aromatic carbocycles. The summed E-state index contributed by atoms with van der Waals surface area (Å²) in [4.78, 5) is 21.4. The number of piperidine rings is 1. The van der Waals surface area contributed by atoms with Gasteiger partial charge in [0.2, 0.25) is 5.91 Å². The van der Waals surface area contributed by atoms with E-state index in [0.717, 1.165) is 25.7 Å². The Morgan fingerprint density at radius 2 is 1.97 bits per heavy atom. The number of aliphatic imine (C=N–C) groups is 2. The summed E-state index contributed by atoms with van der Waals surface area (Å²) in [5, 5.41) is 4.92. The Kier molecular flexibility index (Phi) is 6.34. The Morgan fingerprint density at radius 3 is 2.70 bits per heavy atom. The first-order chi connectivity index (χ1) is 14.3. The second-order valence-electron chi connectivity index (χ2n) is 8.08. The number of hydrogen-bond donors (Lipinski definition) is 2. The van der Waals surface area contributed by atoms with E-state index < -0.39 is 29.9 Å². The first-order valence-corrected chi connectivity index (χ1v) is 11.3. The minimum atomic E-state index is -4.27. The van der Waals surface area contributed by atoms with Crippen LogP contribution in [0, 0.1) is 5.92 Å². The number of hydrogen-bond acceptors (Lipinski definition) is 5. The molecule has 2 N–H and O–H groups in total. The molecule has 0 aromatic heterocycles. The number of amidine groups is 1. The number of nitrogens with one attached hydrogen (secondary N) is 2. The SMILES string of the molecule is O=C1NC(CS[C@H]2CCN[C@@H](C(F)(F)F)C2)=NC2=CC(=NC3CCCC3)C=C(F)C12. The van der Waals surface area contributed by atoms with Gasteiger partial charge in [0.05, 0.1) is 23.2 Å². The van der Waals surface area contributed by atoms with Crippen LogP contribution in [-0.4, -0.2) is 53.3 Å². The van der Waals surface area contributed by atoms with Crippen molar-refractivity contribution >= 4 is 29.2 Å². The molecule has 4 aliphatic rings. The monoisotopic (exact) mass is 444 g/mol. The Bertz CT molecular complexity index is 814. The van der Waals surface area contributed by atoms with E-state index in [1.165, 1.54) is 17.8 Å². The third-order valence-electron chi connectivity index (χ3n) is 5.81. The molecular weight excluding hydrogens is 420 g/mol. The van der Waals surface area contributed by atoms with Crippen LogP contribution in [0.5, 0.6) is 0 Å². The molecule has 1 unspecified atom stereocenters.